The largest absolute Gasteiger partial charge is 0.478 e. The van der Waals surface area contributed by atoms with Crippen LogP contribution in [0.15, 0.2) is 47.4 Å². The molecule has 2 aromatic rings. The molecule has 0 spiro atoms. The summed E-state index contributed by atoms with van der Waals surface area (Å²) < 4.78 is 72.1. The first-order valence-electron chi connectivity index (χ1n) is 9.53. The molecule has 0 saturated carbocycles. The number of carbonyl (C=O) groups is 1. The van der Waals surface area contributed by atoms with Crippen LogP contribution in [0.2, 0.25) is 5.02 Å². The Balaban J connectivity index is 1.98. The van der Waals surface area contributed by atoms with Gasteiger partial charge in [-0.3, -0.25) is 9.21 Å². The summed E-state index contributed by atoms with van der Waals surface area (Å²) in [5.41, 5.74) is -1.20. The number of benzene rings is 2. The van der Waals surface area contributed by atoms with Crippen molar-refractivity contribution in [1.82, 2.24) is 4.90 Å². The number of anilines is 1. The Hall–Kier alpha value is -2.34. The smallest absolute Gasteiger partial charge is 0.416 e. The van der Waals surface area contributed by atoms with Gasteiger partial charge in [-0.1, -0.05) is 11.6 Å². The van der Waals surface area contributed by atoms with Gasteiger partial charge in [-0.15, -0.1) is 0 Å². The van der Waals surface area contributed by atoms with Crippen LogP contribution in [0.3, 0.4) is 0 Å². The van der Waals surface area contributed by atoms with E-state index in [1.54, 1.807) is 0 Å². The van der Waals surface area contributed by atoms with E-state index in [9.17, 15) is 26.4 Å². The lowest BCUT2D eigenvalue weighted by Crippen LogP contribution is -2.43. The molecule has 0 bridgehead atoms. The van der Waals surface area contributed by atoms with E-state index in [1.807, 2.05) is 4.90 Å². The van der Waals surface area contributed by atoms with Crippen LogP contribution < -0.4 is 4.31 Å². The second kappa shape index (κ2) is 9.65. The molecular weight excluding hydrogens is 473 g/mol. The Morgan fingerprint density at radius 2 is 1.75 bits per heavy atom. The normalized spacial score (nSPS) is 15.5. The summed E-state index contributed by atoms with van der Waals surface area (Å²) in [6.07, 6.45) is -4.63. The number of sulfonamides is 1. The summed E-state index contributed by atoms with van der Waals surface area (Å²) in [6, 6.07) is 7.03. The standard InChI is InChI=1S/C20H20ClF3N2O5S/c21-17-13-15(20(22,23)24)3-6-18(17)26(8-7-25-9-11-31-12-10-25)32(29,30)16-4-1-14(2-5-16)19(27)28/h1-6,13H,7-12H2,(H,27,28). The van der Waals surface area contributed by atoms with Crippen molar-refractivity contribution >= 4 is 33.3 Å². The first kappa shape index (κ1) is 24.3. The molecule has 1 fully saturated rings. The maximum atomic E-state index is 13.4. The van der Waals surface area contributed by atoms with Gasteiger partial charge in [-0.05, 0) is 42.5 Å². The predicted octanol–water partition coefficient (Wildman–Crippen LogP) is 3.58. The second-order valence-electron chi connectivity index (χ2n) is 7.02. The summed E-state index contributed by atoms with van der Waals surface area (Å²) in [5.74, 6) is -1.22. The van der Waals surface area contributed by atoms with Crippen molar-refractivity contribution in [3.8, 4) is 0 Å². The molecule has 3 rings (SSSR count). The fraction of sp³-hybridized carbons (Fsp3) is 0.350. The van der Waals surface area contributed by atoms with Gasteiger partial charge in [0.05, 0.1) is 39.9 Å². The fourth-order valence-electron chi connectivity index (χ4n) is 3.21. The van der Waals surface area contributed by atoms with Gasteiger partial charge in [-0.2, -0.15) is 13.2 Å². The Kier molecular flexibility index (Phi) is 7.33. The van der Waals surface area contributed by atoms with Gasteiger partial charge in [0, 0.05) is 26.2 Å². The Morgan fingerprint density at radius 3 is 2.28 bits per heavy atom. The number of rotatable bonds is 7. The molecule has 1 aliphatic rings. The number of hydrogen-bond donors (Lipinski definition) is 1. The molecule has 2 aromatic carbocycles. The van der Waals surface area contributed by atoms with E-state index in [2.05, 4.69) is 0 Å². The lowest BCUT2D eigenvalue weighted by molar-refractivity contribution is -0.137. The van der Waals surface area contributed by atoms with E-state index in [4.69, 9.17) is 21.4 Å². The van der Waals surface area contributed by atoms with Crippen molar-refractivity contribution < 1.29 is 36.2 Å². The number of hydrogen-bond acceptors (Lipinski definition) is 5. The molecule has 1 N–H and O–H groups in total. The number of aromatic carboxylic acids is 1. The van der Waals surface area contributed by atoms with Gasteiger partial charge in [-0.25, -0.2) is 13.2 Å². The van der Waals surface area contributed by atoms with Crippen LogP contribution in [0.5, 0.6) is 0 Å². The highest BCUT2D eigenvalue weighted by atomic mass is 35.5. The van der Waals surface area contributed by atoms with Crippen LogP contribution in [0, 0.1) is 0 Å². The molecule has 12 heteroatoms. The molecule has 0 aromatic heterocycles. The number of alkyl halides is 3. The molecule has 0 unspecified atom stereocenters. The van der Waals surface area contributed by atoms with Crippen molar-refractivity contribution in [3.63, 3.8) is 0 Å². The highest BCUT2D eigenvalue weighted by Gasteiger charge is 2.33. The second-order valence-corrected chi connectivity index (χ2v) is 9.29. The lowest BCUT2D eigenvalue weighted by Gasteiger charge is -2.31. The van der Waals surface area contributed by atoms with Crippen molar-refractivity contribution in [1.29, 1.82) is 0 Å². The quantitative estimate of drug-likeness (QED) is 0.635. The average Bonchev–Trinajstić information content (AvgIpc) is 2.74. The monoisotopic (exact) mass is 492 g/mol. The molecule has 0 radical (unpaired) electrons. The Labute approximate surface area is 188 Å². The minimum Gasteiger partial charge on any atom is -0.478 e. The van der Waals surface area contributed by atoms with Crippen LogP contribution in [0.4, 0.5) is 18.9 Å². The van der Waals surface area contributed by atoms with E-state index in [0.717, 1.165) is 40.7 Å². The number of carboxylic acid groups (broad SMARTS) is 1. The Bertz CT molecular complexity index is 1070. The van der Waals surface area contributed by atoms with Gasteiger partial charge < -0.3 is 9.84 Å². The maximum absolute atomic E-state index is 13.4. The third-order valence-electron chi connectivity index (χ3n) is 4.96. The minimum absolute atomic E-state index is 0.0753. The van der Waals surface area contributed by atoms with Gasteiger partial charge in [0.1, 0.15) is 0 Å². The molecule has 32 heavy (non-hydrogen) atoms. The zero-order chi connectivity index (χ0) is 23.5. The number of ether oxygens (including phenoxy) is 1. The molecular formula is C20H20ClF3N2O5S. The van der Waals surface area contributed by atoms with E-state index >= 15 is 0 Å². The van der Waals surface area contributed by atoms with Crippen LogP contribution in [0.25, 0.3) is 0 Å². The summed E-state index contributed by atoms with van der Waals surface area (Å²) in [7, 11) is -4.25. The highest BCUT2D eigenvalue weighted by Crippen LogP contribution is 2.37. The van der Waals surface area contributed by atoms with E-state index < -0.39 is 27.7 Å². The van der Waals surface area contributed by atoms with Crippen molar-refractivity contribution in [2.75, 3.05) is 43.7 Å². The zero-order valence-electron chi connectivity index (χ0n) is 16.7. The first-order chi connectivity index (χ1) is 15.0. The molecule has 1 aliphatic heterocycles. The summed E-state index contributed by atoms with van der Waals surface area (Å²) in [6.45, 7) is 2.38. The van der Waals surface area contributed by atoms with E-state index in [1.165, 1.54) is 0 Å². The third-order valence-corrected chi connectivity index (χ3v) is 7.09. The van der Waals surface area contributed by atoms with Gasteiger partial charge in [0.15, 0.2) is 0 Å². The van der Waals surface area contributed by atoms with Crippen molar-refractivity contribution in [3.05, 3.63) is 58.6 Å². The van der Waals surface area contributed by atoms with Crippen LogP contribution >= 0.6 is 11.6 Å². The summed E-state index contributed by atoms with van der Waals surface area (Å²) in [4.78, 5) is 12.8. The van der Waals surface area contributed by atoms with Gasteiger partial charge in [0.2, 0.25) is 0 Å². The van der Waals surface area contributed by atoms with Crippen LogP contribution in [-0.4, -0.2) is 63.8 Å². The molecule has 0 amide bonds. The van der Waals surface area contributed by atoms with Gasteiger partial charge >= 0.3 is 12.1 Å². The fourth-order valence-corrected chi connectivity index (χ4v) is 5.02. The first-order valence-corrected chi connectivity index (χ1v) is 11.3. The minimum atomic E-state index is -4.63. The van der Waals surface area contributed by atoms with Crippen molar-refractivity contribution in [2.45, 2.75) is 11.1 Å². The molecule has 7 nitrogen and oxygen atoms in total. The molecule has 1 heterocycles. The molecule has 0 atom stereocenters. The lowest BCUT2D eigenvalue weighted by atomic mass is 10.2. The molecule has 174 valence electrons. The summed E-state index contributed by atoms with van der Waals surface area (Å²) in [5, 5.41) is 8.67. The number of nitrogens with zero attached hydrogens (tertiary/aromatic N) is 2. The Morgan fingerprint density at radius 1 is 1.12 bits per heavy atom. The van der Waals surface area contributed by atoms with E-state index in [0.29, 0.717) is 38.9 Å². The number of halogens is 4. The van der Waals surface area contributed by atoms with Crippen molar-refractivity contribution in [2.24, 2.45) is 0 Å². The SMILES string of the molecule is O=C(O)c1ccc(S(=O)(=O)N(CCN2CCOCC2)c2ccc(C(F)(F)F)cc2Cl)cc1. The highest BCUT2D eigenvalue weighted by molar-refractivity contribution is 7.92. The third kappa shape index (κ3) is 5.52. The van der Waals surface area contributed by atoms with Crippen LogP contribution in [0.1, 0.15) is 15.9 Å². The van der Waals surface area contributed by atoms with Crippen LogP contribution in [-0.2, 0) is 20.9 Å². The zero-order valence-corrected chi connectivity index (χ0v) is 18.3. The maximum Gasteiger partial charge on any atom is 0.416 e. The van der Waals surface area contributed by atoms with Gasteiger partial charge in [0.25, 0.3) is 10.0 Å². The molecule has 0 aliphatic carbocycles. The van der Waals surface area contributed by atoms with E-state index in [-0.39, 0.29) is 27.7 Å². The topological polar surface area (TPSA) is 87.1 Å². The average molecular weight is 493 g/mol. The summed E-state index contributed by atoms with van der Waals surface area (Å²) >= 11 is 6.09. The number of carboxylic acids is 1. The predicted molar refractivity (Wildman–Crippen MR) is 112 cm³/mol. The molecule has 1 saturated heterocycles. The number of morpholine rings is 1.